The molecule has 2 aliphatic heterocycles. The quantitative estimate of drug-likeness (QED) is 0.207. The molecule has 4 aromatic rings. The molecule has 0 amide bonds. The molecule has 1 saturated heterocycles. The molecule has 5 heterocycles. The van der Waals surface area contributed by atoms with Gasteiger partial charge in [-0.2, -0.15) is 9.36 Å². The van der Waals surface area contributed by atoms with Crippen LogP contribution in [0.4, 0.5) is 10.3 Å². The van der Waals surface area contributed by atoms with Crippen LogP contribution in [-0.2, 0) is 27.7 Å². The lowest BCUT2D eigenvalue weighted by Crippen LogP contribution is -2.33. The van der Waals surface area contributed by atoms with Crippen LogP contribution in [0, 0.1) is 19.7 Å². The third-order valence-electron chi connectivity index (χ3n) is 8.84. The van der Waals surface area contributed by atoms with Gasteiger partial charge in [-0.05, 0) is 102 Å². The molecule has 9 nitrogen and oxygen atoms in total. The van der Waals surface area contributed by atoms with Crippen LogP contribution in [0.25, 0.3) is 32.9 Å². The van der Waals surface area contributed by atoms with Crippen molar-refractivity contribution in [2.24, 2.45) is 7.05 Å². The summed E-state index contributed by atoms with van der Waals surface area (Å²) in [4.78, 5) is 25.5. The maximum atomic E-state index is 15.8. The van der Waals surface area contributed by atoms with Crippen molar-refractivity contribution in [3.63, 3.8) is 0 Å². The third kappa shape index (κ3) is 5.74. The lowest BCUT2D eigenvalue weighted by atomic mass is 9.86. The predicted octanol–water partition coefficient (Wildman–Crippen LogP) is 6.90. The van der Waals surface area contributed by atoms with Crippen LogP contribution in [-0.4, -0.2) is 63.2 Å². The number of aromatic nitrogens is 4. The van der Waals surface area contributed by atoms with E-state index in [-0.39, 0.29) is 11.8 Å². The van der Waals surface area contributed by atoms with Gasteiger partial charge in [-0.3, -0.25) is 4.79 Å². The van der Waals surface area contributed by atoms with Gasteiger partial charge in [-0.25, -0.2) is 9.37 Å². The Labute approximate surface area is 267 Å². The number of ether oxygens (including phenoxy) is 3. The molecule has 1 fully saturated rings. The number of ketones is 1. The van der Waals surface area contributed by atoms with Crippen molar-refractivity contribution in [1.82, 2.24) is 18.9 Å². The summed E-state index contributed by atoms with van der Waals surface area (Å²) < 4.78 is 40.2. The Balaban J connectivity index is 1.59. The number of hydrogen-bond acceptors (Lipinski definition) is 9. The van der Waals surface area contributed by atoms with Gasteiger partial charge in [0.05, 0.1) is 30.6 Å². The minimum atomic E-state index is -0.892. The molecule has 0 aliphatic carbocycles. The molecule has 2 aliphatic rings. The summed E-state index contributed by atoms with van der Waals surface area (Å²) in [6, 6.07) is 3.84. The van der Waals surface area contributed by atoms with Crippen LogP contribution in [0.1, 0.15) is 75.4 Å². The molecule has 0 spiro atoms. The third-order valence-corrected chi connectivity index (χ3v) is 9.57. The van der Waals surface area contributed by atoms with E-state index in [4.69, 9.17) is 28.6 Å². The van der Waals surface area contributed by atoms with Crippen LogP contribution in [0.15, 0.2) is 12.1 Å². The summed E-state index contributed by atoms with van der Waals surface area (Å²) in [5.74, 6) is 0.476. The number of Topliss-reactive ketones (excluding diaryl/α,β-unsaturated/α-hetero) is 1. The fourth-order valence-electron chi connectivity index (χ4n) is 6.79. The minimum Gasteiger partial charge on any atom is -0.490 e. The van der Waals surface area contributed by atoms with E-state index in [9.17, 15) is 4.79 Å². The van der Waals surface area contributed by atoms with E-state index >= 15 is 4.39 Å². The molecule has 45 heavy (non-hydrogen) atoms. The van der Waals surface area contributed by atoms with Gasteiger partial charge in [0.15, 0.2) is 22.4 Å². The van der Waals surface area contributed by atoms with E-state index in [2.05, 4.69) is 4.90 Å². The number of methoxy groups -OCH3 is 1. The van der Waals surface area contributed by atoms with Crippen molar-refractivity contribution in [2.75, 3.05) is 31.8 Å². The van der Waals surface area contributed by atoms with Gasteiger partial charge < -0.3 is 23.7 Å². The van der Waals surface area contributed by atoms with Crippen molar-refractivity contribution in [3.05, 3.63) is 40.3 Å². The number of aryl methyl sites for hydroxylation is 2. The van der Waals surface area contributed by atoms with Crippen LogP contribution in [0.3, 0.4) is 0 Å². The number of pyridine rings is 1. The number of fused-ring (bicyclic) bond motifs is 2. The Morgan fingerprint density at radius 3 is 2.71 bits per heavy atom. The molecule has 0 saturated carbocycles. The van der Waals surface area contributed by atoms with E-state index in [1.165, 1.54) is 18.5 Å². The number of carbonyl (C=O) groups excluding carboxylic acids is 1. The molecule has 3 aromatic heterocycles. The van der Waals surface area contributed by atoms with E-state index in [1.807, 2.05) is 52.3 Å². The molecular formula is C34H42FN5O4S. The number of hydrogen-bond donors (Lipinski definition) is 0. The summed E-state index contributed by atoms with van der Waals surface area (Å²) in [5.41, 5.74) is 5.50. The molecular weight excluding hydrogens is 593 g/mol. The summed E-state index contributed by atoms with van der Waals surface area (Å²) in [7, 11) is 3.68. The van der Waals surface area contributed by atoms with Gasteiger partial charge in [0.1, 0.15) is 11.8 Å². The SMILES string of the molecule is COC[C@@H]1CCCN1c1nsc(-c2cc3c(-c4cc(F)c5c(c4C)CCCO5)c([C@H](OC(C)(C)C)C(C)=O)c(C)nc3n2C)n1. The number of carbonyl (C=O) groups is 1. The summed E-state index contributed by atoms with van der Waals surface area (Å²) in [6.45, 7) is 13.2. The second-order valence-corrected chi connectivity index (χ2v) is 13.9. The highest BCUT2D eigenvalue weighted by atomic mass is 32.1. The molecule has 0 bridgehead atoms. The zero-order valence-electron chi connectivity index (χ0n) is 27.4. The van der Waals surface area contributed by atoms with Gasteiger partial charge in [0, 0.05) is 48.5 Å². The zero-order chi connectivity index (χ0) is 32.2. The Hall–Kier alpha value is -3.41. The lowest BCUT2D eigenvalue weighted by Gasteiger charge is -2.30. The Morgan fingerprint density at radius 2 is 2.00 bits per heavy atom. The van der Waals surface area contributed by atoms with Crippen molar-refractivity contribution < 1.29 is 23.4 Å². The van der Waals surface area contributed by atoms with Crippen molar-refractivity contribution in [3.8, 4) is 27.6 Å². The average molecular weight is 636 g/mol. The van der Waals surface area contributed by atoms with Crippen LogP contribution < -0.4 is 9.64 Å². The van der Waals surface area contributed by atoms with Crippen molar-refractivity contribution in [2.45, 2.75) is 85.0 Å². The van der Waals surface area contributed by atoms with Gasteiger partial charge in [-0.1, -0.05) is 0 Å². The molecule has 1 aromatic carbocycles. The topological polar surface area (TPSA) is 91.6 Å². The van der Waals surface area contributed by atoms with Gasteiger partial charge in [0.2, 0.25) is 5.95 Å². The molecule has 6 rings (SSSR count). The monoisotopic (exact) mass is 635 g/mol. The molecule has 2 atom stereocenters. The molecule has 11 heteroatoms. The van der Waals surface area contributed by atoms with Gasteiger partial charge >= 0.3 is 0 Å². The van der Waals surface area contributed by atoms with Gasteiger partial charge in [-0.15, -0.1) is 0 Å². The van der Waals surface area contributed by atoms with Crippen molar-refractivity contribution in [1.29, 1.82) is 0 Å². The first-order valence-corrected chi connectivity index (χ1v) is 16.4. The molecule has 0 radical (unpaired) electrons. The molecule has 240 valence electrons. The second-order valence-electron chi connectivity index (χ2n) is 13.2. The maximum absolute atomic E-state index is 15.8. The minimum absolute atomic E-state index is 0.143. The normalized spacial score (nSPS) is 17.5. The summed E-state index contributed by atoms with van der Waals surface area (Å²) in [6.07, 6.45) is 2.76. The van der Waals surface area contributed by atoms with E-state index < -0.39 is 17.5 Å². The van der Waals surface area contributed by atoms with Crippen molar-refractivity contribution >= 4 is 34.3 Å². The van der Waals surface area contributed by atoms with Crippen LogP contribution in [0.2, 0.25) is 0 Å². The van der Waals surface area contributed by atoms with Crippen LogP contribution in [0.5, 0.6) is 5.75 Å². The first-order chi connectivity index (χ1) is 21.4. The van der Waals surface area contributed by atoms with E-state index in [0.29, 0.717) is 47.4 Å². The maximum Gasteiger partial charge on any atom is 0.238 e. The summed E-state index contributed by atoms with van der Waals surface area (Å²) in [5, 5.41) is 1.56. The standard InChI is InChI=1S/C34H42FN5O4S/c1-18-22-12-10-14-43-30(22)25(35)15-23(18)28-24-16-26(32-37-33(38-45-32)40-13-9-11-21(40)17-42-8)39(7)31(24)36-19(2)27(28)29(20(3)41)44-34(4,5)6/h15-16,21,29H,9-14,17H2,1-8H3/t21-,29+/m0/s1. The zero-order valence-corrected chi connectivity index (χ0v) is 28.2. The predicted molar refractivity (Wildman–Crippen MR) is 175 cm³/mol. The average Bonchev–Trinajstić information content (AvgIpc) is 3.72. The first-order valence-electron chi connectivity index (χ1n) is 15.6. The van der Waals surface area contributed by atoms with E-state index in [0.717, 1.165) is 65.0 Å². The number of nitrogens with zero attached hydrogens (tertiary/aromatic N) is 5. The highest BCUT2D eigenvalue weighted by Crippen LogP contribution is 2.46. The Morgan fingerprint density at radius 1 is 1.22 bits per heavy atom. The molecule has 0 N–H and O–H groups in total. The number of rotatable bonds is 8. The highest BCUT2D eigenvalue weighted by Gasteiger charge is 2.34. The second kappa shape index (κ2) is 12.1. The van der Waals surface area contributed by atoms with Gasteiger partial charge in [0.25, 0.3) is 0 Å². The number of halogens is 1. The Bertz CT molecular complexity index is 1770. The smallest absolute Gasteiger partial charge is 0.238 e. The highest BCUT2D eigenvalue weighted by molar-refractivity contribution is 7.09. The fraction of sp³-hybridized carbons (Fsp3) is 0.529. The Kier molecular flexibility index (Phi) is 8.47. The first kappa shape index (κ1) is 31.6. The fourth-order valence-corrected chi connectivity index (χ4v) is 7.52. The lowest BCUT2D eigenvalue weighted by molar-refractivity contribution is -0.138. The van der Waals surface area contributed by atoms with E-state index in [1.54, 1.807) is 13.2 Å². The largest absolute Gasteiger partial charge is 0.490 e. The summed E-state index contributed by atoms with van der Waals surface area (Å²) >= 11 is 1.34. The number of anilines is 1. The number of benzene rings is 1. The van der Waals surface area contributed by atoms with Crippen LogP contribution >= 0.6 is 11.5 Å². The molecule has 0 unspecified atom stereocenters.